The van der Waals surface area contributed by atoms with E-state index in [1.807, 2.05) is 18.2 Å². The number of rotatable bonds is 2. The molecule has 1 amide bonds. The van der Waals surface area contributed by atoms with Crippen LogP contribution in [0.3, 0.4) is 0 Å². The molecule has 2 saturated heterocycles. The van der Waals surface area contributed by atoms with Crippen molar-refractivity contribution >= 4 is 28.6 Å². The maximum atomic E-state index is 11.8. The third kappa shape index (κ3) is 2.30. The number of anilines is 1. The Bertz CT molecular complexity index is 805. The highest BCUT2D eigenvalue weighted by atomic mass is 16.4. The number of hydrogen-bond acceptors (Lipinski definition) is 4. The second-order valence-corrected chi connectivity index (χ2v) is 6.15. The molecule has 6 heteroatoms. The average Bonchev–Trinajstić information content (AvgIpc) is 2.85. The summed E-state index contributed by atoms with van der Waals surface area (Å²) in [5.74, 6) is -0.243. The largest absolute Gasteiger partial charge is 0.478 e. The minimum atomic E-state index is -0.957. The summed E-state index contributed by atoms with van der Waals surface area (Å²) in [5.41, 5.74) is 0.930. The van der Waals surface area contributed by atoms with Crippen LogP contribution < -0.4 is 10.2 Å². The topological polar surface area (TPSA) is 82.5 Å². The second-order valence-electron chi connectivity index (χ2n) is 6.15. The molecule has 2 atom stereocenters. The molecule has 0 unspecified atom stereocenters. The first kappa shape index (κ1) is 14.0. The van der Waals surface area contributed by atoms with E-state index in [0.29, 0.717) is 29.7 Å². The Balaban J connectivity index is 1.85. The summed E-state index contributed by atoms with van der Waals surface area (Å²) in [7, 11) is 0. The van der Waals surface area contributed by atoms with Crippen LogP contribution in [0.25, 0.3) is 10.9 Å². The summed E-state index contributed by atoms with van der Waals surface area (Å²) in [4.78, 5) is 30.2. The van der Waals surface area contributed by atoms with E-state index in [2.05, 4.69) is 15.2 Å². The van der Waals surface area contributed by atoms with Crippen LogP contribution in [-0.4, -0.2) is 40.6 Å². The molecule has 1 aromatic heterocycles. The van der Waals surface area contributed by atoms with Gasteiger partial charge in [-0.15, -0.1) is 0 Å². The van der Waals surface area contributed by atoms with Crippen molar-refractivity contribution in [2.24, 2.45) is 0 Å². The number of nitrogens with zero attached hydrogens (tertiary/aromatic N) is 2. The lowest BCUT2D eigenvalue weighted by molar-refractivity contribution is -0.121. The van der Waals surface area contributed by atoms with E-state index in [9.17, 15) is 14.7 Å². The molecule has 2 fully saturated rings. The Hall–Kier alpha value is -2.63. The zero-order valence-corrected chi connectivity index (χ0v) is 12.5. The molecule has 4 rings (SSSR count). The Morgan fingerprint density at radius 2 is 2.04 bits per heavy atom. The summed E-state index contributed by atoms with van der Waals surface area (Å²) in [6.07, 6.45) is 2.37. The van der Waals surface area contributed by atoms with Crippen molar-refractivity contribution in [1.82, 2.24) is 10.3 Å². The molecular weight excluding hydrogens is 294 g/mol. The Labute approximate surface area is 133 Å². The van der Waals surface area contributed by atoms with E-state index in [4.69, 9.17) is 0 Å². The quantitative estimate of drug-likeness (QED) is 0.883. The fraction of sp³-hybridized carbons (Fsp3) is 0.353. The van der Waals surface area contributed by atoms with E-state index < -0.39 is 5.97 Å². The summed E-state index contributed by atoms with van der Waals surface area (Å²) >= 11 is 0. The van der Waals surface area contributed by atoms with Crippen LogP contribution in [0, 0.1) is 0 Å². The van der Waals surface area contributed by atoms with Gasteiger partial charge in [-0.25, -0.2) is 9.78 Å². The number of aromatic carboxylic acids is 1. The van der Waals surface area contributed by atoms with Gasteiger partial charge in [0.1, 0.15) is 5.82 Å². The van der Waals surface area contributed by atoms with Crippen molar-refractivity contribution in [3.63, 3.8) is 0 Å². The molecule has 6 nitrogen and oxygen atoms in total. The molecule has 2 bridgehead atoms. The number of benzene rings is 1. The van der Waals surface area contributed by atoms with Gasteiger partial charge >= 0.3 is 5.97 Å². The normalized spacial score (nSPS) is 23.7. The molecule has 2 aromatic rings. The second kappa shape index (κ2) is 5.22. The standard InChI is InChI=1S/C17H17N3O3/c21-16-7-10-5-6-11(9-18-16)20(10)15-8-13(17(22)23)12-3-1-2-4-14(12)19-15/h1-4,8,10-11H,5-7,9H2,(H,18,21)(H,22,23)/t10-,11+/m1/s1. The molecule has 2 aliphatic heterocycles. The van der Waals surface area contributed by atoms with Crippen molar-refractivity contribution in [3.05, 3.63) is 35.9 Å². The van der Waals surface area contributed by atoms with Gasteiger partial charge in [0.2, 0.25) is 5.91 Å². The van der Waals surface area contributed by atoms with E-state index >= 15 is 0 Å². The minimum absolute atomic E-state index is 0.0569. The lowest BCUT2D eigenvalue weighted by Crippen LogP contribution is -2.38. The molecule has 118 valence electrons. The lowest BCUT2D eigenvalue weighted by Gasteiger charge is -2.29. The number of carbonyl (C=O) groups is 2. The lowest BCUT2D eigenvalue weighted by atomic mass is 10.1. The maximum absolute atomic E-state index is 11.8. The number of carboxylic acid groups (broad SMARTS) is 1. The summed E-state index contributed by atoms with van der Waals surface area (Å²) in [6.45, 7) is 0.590. The van der Waals surface area contributed by atoms with Gasteiger partial charge in [-0.1, -0.05) is 18.2 Å². The van der Waals surface area contributed by atoms with E-state index in [1.54, 1.807) is 12.1 Å². The van der Waals surface area contributed by atoms with Crippen LogP contribution in [-0.2, 0) is 4.79 Å². The zero-order chi connectivity index (χ0) is 16.0. The molecule has 1 aromatic carbocycles. The molecule has 3 heterocycles. The van der Waals surface area contributed by atoms with Gasteiger partial charge in [0.15, 0.2) is 0 Å². The molecule has 0 aliphatic carbocycles. The highest BCUT2D eigenvalue weighted by molar-refractivity contribution is 6.03. The number of para-hydroxylation sites is 1. The van der Waals surface area contributed by atoms with E-state index in [1.165, 1.54) is 0 Å². The first-order valence-corrected chi connectivity index (χ1v) is 7.81. The number of nitrogens with one attached hydrogen (secondary N) is 1. The third-order valence-electron chi connectivity index (χ3n) is 4.77. The van der Waals surface area contributed by atoms with Crippen LogP contribution in [0.1, 0.15) is 29.6 Å². The predicted molar refractivity (Wildman–Crippen MR) is 85.6 cm³/mol. The van der Waals surface area contributed by atoms with Crippen molar-refractivity contribution < 1.29 is 14.7 Å². The fourth-order valence-electron chi connectivity index (χ4n) is 3.72. The van der Waals surface area contributed by atoms with Gasteiger partial charge in [0, 0.05) is 30.4 Å². The smallest absolute Gasteiger partial charge is 0.336 e. The van der Waals surface area contributed by atoms with Gasteiger partial charge in [0.25, 0.3) is 0 Å². The van der Waals surface area contributed by atoms with Crippen molar-refractivity contribution in [3.8, 4) is 0 Å². The number of carbonyl (C=O) groups excluding carboxylic acids is 1. The molecule has 0 radical (unpaired) electrons. The molecule has 0 spiro atoms. The van der Waals surface area contributed by atoms with Gasteiger partial charge in [-0.3, -0.25) is 4.79 Å². The molecule has 2 N–H and O–H groups in total. The van der Waals surface area contributed by atoms with Gasteiger partial charge in [-0.05, 0) is 25.0 Å². The molecule has 23 heavy (non-hydrogen) atoms. The Kier molecular flexibility index (Phi) is 3.18. The first-order valence-electron chi connectivity index (χ1n) is 7.81. The average molecular weight is 311 g/mol. The van der Waals surface area contributed by atoms with Crippen LogP contribution in [0.15, 0.2) is 30.3 Å². The predicted octanol–water partition coefficient (Wildman–Crippen LogP) is 1.79. The van der Waals surface area contributed by atoms with Crippen LogP contribution in [0.5, 0.6) is 0 Å². The van der Waals surface area contributed by atoms with Crippen molar-refractivity contribution in [1.29, 1.82) is 0 Å². The third-order valence-corrected chi connectivity index (χ3v) is 4.77. The number of pyridine rings is 1. The molecule has 0 saturated carbocycles. The van der Waals surface area contributed by atoms with Crippen molar-refractivity contribution in [2.45, 2.75) is 31.3 Å². The number of amides is 1. The zero-order valence-electron chi connectivity index (χ0n) is 12.5. The highest BCUT2D eigenvalue weighted by Gasteiger charge is 2.38. The monoisotopic (exact) mass is 311 g/mol. The van der Waals surface area contributed by atoms with Gasteiger partial charge in [0.05, 0.1) is 11.1 Å². The maximum Gasteiger partial charge on any atom is 0.336 e. The Morgan fingerprint density at radius 3 is 2.87 bits per heavy atom. The number of aromatic nitrogens is 1. The fourth-order valence-corrected chi connectivity index (χ4v) is 3.72. The van der Waals surface area contributed by atoms with Gasteiger partial charge < -0.3 is 15.3 Å². The van der Waals surface area contributed by atoms with E-state index in [0.717, 1.165) is 12.8 Å². The number of hydrogen-bond donors (Lipinski definition) is 2. The summed E-state index contributed by atoms with van der Waals surface area (Å²) < 4.78 is 0. The Morgan fingerprint density at radius 1 is 1.26 bits per heavy atom. The van der Waals surface area contributed by atoms with Crippen LogP contribution in [0.4, 0.5) is 5.82 Å². The molecular formula is C17H17N3O3. The van der Waals surface area contributed by atoms with Crippen molar-refractivity contribution in [2.75, 3.05) is 11.4 Å². The first-order chi connectivity index (χ1) is 11.1. The number of fused-ring (bicyclic) bond motifs is 3. The summed E-state index contributed by atoms with van der Waals surface area (Å²) in [6, 6.07) is 9.19. The summed E-state index contributed by atoms with van der Waals surface area (Å²) in [5, 5.41) is 13.1. The minimum Gasteiger partial charge on any atom is -0.478 e. The van der Waals surface area contributed by atoms with E-state index in [-0.39, 0.29) is 23.6 Å². The van der Waals surface area contributed by atoms with Crippen LogP contribution >= 0.6 is 0 Å². The van der Waals surface area contributed by atoms with Gasteiger partial charge in [-0.2, -0.15) is 0 Å². The SMILES string of the molecule is O=C1C[C@H]2CC[C@@H](CN1)N2c1cc(C(=O)O)c2ccccc2n1. The van der Waals surface area contributed by atoms with Crippen LogP contribution in [0.2, 0.25) is 0 Å². The molecule has 2 aliphatic rings. The highest BCUT2D eigenvalue weighted by Crippen LogP contribution is 2.34. The number of carboxylic acids is 1.